The van der Waals surface area contributed by atoms with Crippen molar-refractivity contribution >= 4 is 78.4 Å². The molecule has 3 aromatic carbocycles. The topological polar surface area (TPSA) is 69.9 Å². The molecule has 42 heavy (non-hydrogen) atoms. The summed E-state index contributed by atoms with van der Waals surface area (Å²) in [6, 6.07) is 16.1. The number of rotatable bonds is 7. The lowest BCUT2D eigenvalue weighted by Crippen LogP contribution is -2.39. The van der Waals surface area contributed by atoms with Crippen LogP contribution in [0.1, 0.15) is 42.1 Å². The largest absolute Gasteiger partial charge is 0.487 e. The molecule has 216 valence electrons. The normalized spacial score (nSPS) is 14.9. The van der Waals surface area contributed by atoms with E-state index >= 15 is 0 Å². The minimum Gasteiger partial charge on any atom is -0.487 e. The quantitative estimate of drug-likeness (QED) is 0.184. The molecule has 0 saturated heterocycles. The molecule has 0 spiro atoms. The fourth-order valence-electron chi connectivity index (χ4n) is 4.62. The average Bonchev–Trinajstić information content (AvgIpc) is 3.24. The van der Waals surface area contributed by atoms with Gasteiger partial charge < -0.3 is 9.47 Å². The van der Waals surface area contributed by atoms with E-state index in [0.717, 1.165) is 21.2 Å². The lowest BCUT2D eigenvalue weighted by Gasteiger charge is -2.24. The molecule has 0 aliphatic carbocycles. The van der Waals surface area contributed by atoms with Gasteiger partial charge in [-0.25, -0.2) is 9.79 Å². The van der Waals surface area contributed by atoms with E-state index in [-0.39, 0.29) is 18.8 Å². The lowest BCUT2D eigenvalue weighted by atomic mass is 9.95. The van der Waals surface area contributed by atoms with Gasteiger partial charge in [0.2, 0.25) is 0 Å². The van der Waals surface area contributed by atoms with Crippen LogP contribution < -0.4 is 19.6 Å². The number of carbonyl (C=O) groups is 1. The van der Waals surface area contributed by atoms with Crippen LogP contribution in [0.3, 0.4) is 0 Å². The number of allylic oxidation sites excluding steroid dienone is 1. The van der Waals surface area contributed by atoms with Crippen LogP contribution in [0.15, 0.2) is 84.6 Å². The minimum atomic E-state index is -0.678. The van der Waals surface area contributed by atoms with E-state index < -0.39 is 12.0 Å². The van der Waals surface area contributed by atoms with Crippen LogP contribution in [-0.2, 0) is 16.1 Å². The van der Waals surface area contributed by atoms with E-state index in [1.165, 1.54) is 11.3 Å². The van der Waals surface area contributed by atoms with Gasteiger partial charge in [-0.05, 0) is 78.2 Å². The maximum atomic E-state index is 14.0. The van der Waals surface area contributed by atoms with Gasteiger partial charge in [-0.1, -0.05) is 86.4 Å². The number of thiazole rings is 1. The van der Waals surface area contributed by atoms with E-state index in [1.54, 1.807) is 36.6 Å². The number of esters is 1. The summed E-state index contributed by atoms with van der Waals surface area (Å²) in [6.07, 6.45) is 1.78. The van der Waals surface area contributed by atoms with Crippen molar-refractivity contribution in [3.63, 3.8) is 0 Å². The van der Waals surface area contributed by atoms with Crippen LogP contribution >= 0.6 is 66.4 Å². The van der Waals surface area contributed by atoms with Gasteiger partial charge in [-0.2, -0.15) is 0 Å². The number of benzene rings is 3. The van der Waals surface area contributed by atoms with E-state index in [0.29, 0.717) is 46.4 Å². The van der Waals surface area contributed by atoms with E-state index in [1.807, 2.05) is 49.4 Å². The maximum absolute atomic E-state index is 14.0. The number of halogens is 4. The molecule has 1 aromatic heterocycles. The minimum absolute atomic E-state index is 0.212. The summed E-state index contributed by atoms with van der Waals surface area (Å²) in [6.45, 7) is 5.95. The van der Waals surface area contributed by atoms with Crippen LogP contribution in [-0.4, -0.2) is 17.1 Å². The Morgan fingerprint density at radius 2 is 1.81 bits per heavy atom. The standard InChI is InChI=1S/C31H24Br2Cl2N2O4S/c1-4-40-30(39)26-17(3)36-31-37(27(26)19-8-5-16(2)6-9-19)29(38)25(42-31)13-20-12-21(32)14-22(33)28(20)41-15-18-7-10-23(34)24(35)11-18/h5-14,27H,4,15H2,1-3H3/b25-13-/t27-/m1/s1. The van der Waals surface area contributed by atoms with Gasteiger partial charge in [0.15, 0.2) is 4.80 Å². The Kier molecular flexibility index (Phi) is 9.44. The first-order valence-electron chi connectivity index (χ1n) is 12.9. The van der Waals surface area contributed by atoms with Crippen LogP contribution in [0.4, 0.5) is 0 Å². The highest BCUT2D eigenvalue weighted by Gasteiger charge is 2.33. The molecule has 0 amide bonds. The molecule has 1 aliphatic heterocycles. The van der Waals surface area contributed by atoms with Gasteiger partial charge in [0, 0.05) is 10.0 Å². The summed E-state index contributed by atoms with van der Waals surface area (Å²) in [4.78, 5) is 32.3. The molecule has 2 heterocycles. The zero-order valence-electron chi connectivity index (χ0n) is 22.7. The number of nitrogens with zero attached hydrogens (tertiary/aromatic N) is 2. The second-order valence-electron chi connectivity index (χ2n) is 9.56. The summed E-state index contributed by atoms with van der Waals surface area (Å²) < 4.78 is 15.1. The monoisotopic (exact) mass is 748 g/mol. The molecule has 6 nitrogen and oxygen atoms in total. The van der Waals surface area contributed by atoms with Gasteiger partial charge >= 0.3 is 5.97 Å². The summed E-state index contributed by atoms with van der Waals surface area (Å²) in [5.41, 5.74) is 3.96. The molecular weight excluding hydrogens is 727 g/mol. The Morgan fingerprint density at radius 3 is 2.50 bits per heavy atom. The number of aromatic nitrogens is 1. The third-order valence-corrected chi connectivity index (χ3v) is 9.37. The van der Waals surface area contributed by atoms with Gasteiger partial charge in [0.05, 0.1) is 43.0 Å². The summed E-state index contributed by atoms with van der Waals surface area (Å²) in [5.74, 6) is 0.0566. The number of hydrogen-bond donors (Lipinski definition) is 0. The molecule has 4 aromatic rings. The van der Waals surface area contributed by atoms with Gasteiger partial charge in [-0.15, -0.1) is 0 Å². The highest BCUT2D eigenvalue weighted by molar-refractivity contribution is 9.11. The van der Waals surface area contributed by atoms with Crippen molar-refractivity contribution in [1.82, 2.24) is 4.57 Å². The molecular formula is C31H24Br2Cl2N2O4S. The van der Waals surface area contributed by atoms with Crippen molar-refractivity contribution in [3.8, 4) is 5.75 Å². The lowest BCUT2D eigenvalue weighted by molar-refractivity contribution is -0.139. The Bertz CT molecular complexity index is 1920. The summed E-state index contributed by atoms with van der Waals surface area (Å²) >= 11 is 20.7. The third-order valence-electron chi connectivity index (χ3n) is 6.60. The first kappa shape index (κ1) is 30.8. The highest BCUT2D eigenvalue weighted by atomic mass is 79.9. The fourth-order valence-corrected chi connectivity index (χ4v) is 7.35. The third kappa shape index (κ3) is 6.31. The molecule has 0 N–H and O–H groups in total. The van der Waals surface area contributed by atoms with Crippen molar-refractivity contribution < 1.29 is 14.3 Å². The molecule has 0 radical (unpaired) electrons. The predicted octanol–water partition coefficient (Wildman–Crippen LogP) is 7.52. The van der Waals surface area contributed by atoms with Crippen molar-refractivity contribution in [1.29, 1.82) is 0 Å². The zero-order valence-corrected chi connectivity index (χ0v) is 28.2. The Hall–Kier alpha value is -2.69. The molecule has 0 bridgehead atoms. The molecule has 1 atom stereocenters. The van der Waals surface area contributed by atoms with Crippen molar-refractivity contribution in [2.75, 3.05) is 6.61 Å². The molecule has 0 fully saturated rings. The predicted molar refractivity (Wildman–Crippen MR) is 174 cm³/mol. The van der Waals surface area contributed by atoms with Crippen LogP contribution in [0.2, 0.25) is 10.0 Å². The number of fused-ring (bicyclic) bond motifs is 1. The SMILES string of the molecule is CCOC(=O)C1=C(C)N=c2s/c(=C\c3cc(Br)cc(Br)c3OCc3ccc(Cl)c(Cl)c3)c(=O)n2[C@@H]1c1ccc(C)cc1. The average molecular weight is 751 g/mol. The first-order chi connectivity index (χ1) is 20.1. The number of hydrogen-bond acceptors (Lipinski definition) is 6. The first-order valence-corrected chi connectivity index (χ1v) is 16.0. The summed E-state index contributed by atoms with van der Waals surface area (Å²) in [5, 5.41) is 0.904. The molecule has 0 saturated carbocycles. The Balaban J connectivity index is 1.63. The van der Waals surface area contributed by atoms with Gasteiger partial charge in [0.1, 0.15) is 12.4 Å². The molecule has 0 unspecified atom stereocenters. The van der Waals surface area contributed by atoms with Crippen molar-refractivity contribution in [2.45, 2.75) is 33.4 Å². The number of ether oxygens (including phenoxy) is 2. The van der Waals surface area contributed by atoms with E-state index in [2.05, 4.69) is 36.9 Å². The maximum Gasteiger partial charge on any atom is 0.338 e. The van der Waals surface area contributed by atoms with Crippen molar-refractivity contribution in [3.05, 3.63) is 127 Å². The highest BCUT2D eigenvalue weighted by Crippen LogP contribution is 2.35. The Labute approximate surface area is 273 Å². The molecule has 5 rings (SSSR count). The van der Waals surface area contributed by atoms with Gasteiger partial charge in [0.25, 0.3) is 5.56 Å². The smallest absolute Gasteiger partial charge is 0.338 e. The fraction of sp³-hybridized carbons (Fsp3) is 0.194. The van der Waals surface area contributed by atoms with Crippen LogP contribution in [0.25, 0.3) is 6.08 Å². The summed E-state index contributed by atoms with van der Waals surface area (Å²) in [7, 11) is 0. The van der Waals surface area contributed by atoms with Crippen LogP contribution in [0.5, 0.6) is 5.75 Å². The zero-order chi connectivity index (χ0) is 30.1. The number of carbonyl (C=O) groups excluding carboxylic acids is 1. The second-order valence-corrected chi connectivity index (χ2v) is 13.1. The molecule has 11 heteroatoms. The Morgan fingerprint density at radius 1 is 1.07 bits per heavy atom. The second kappa shape index (κ2) is 12.9. The van der Waals surface area contributed by atoms with E-state index in [4.69, 9.17) is 32.7 Å². The molecule has 1 aliphatic rings. The van der Waals surface area contributed by atoms with E-state index in [9.17, 15) is 9.59 Å². The van der Waals surface area contributed by atoms with Crippen molar-refractivity contribution in [2.24, 2.45) is 4.99 Å². The number of aryl methyl sites for hydroxylation is 1. The van der Waals surface area contributed by atoms with Gasteiger partial charge in [-0.3, -0.25) is 9.36 Å². The van der Waals surface area contributed by atoms with Crippen LogP contribution in [0, 0.1) is 6.92 Å².